The average molecular weight is 171 g/mol. The van der Waals surface area contributed by atoms with E-state index in [0.29, 0.717) is 13.0 Å². The van der Waals surface area contributed by atoms with Crippen molar-refractivity contribution in [2.75, 3.05) is 6.61 Å². The van der Waals surface area contributed by atoms with Crippen molar-refractivity contribution in [3.63, 3.8) is 0 Å². The van der Waals surface area contributed by atoms with Gasteiger partial charge in [0.2, 0.25) is 5.91 Å². The van der Waals surface area contributed by atoms with E-state index in [1.165, 1.54) is 0 Å². The summed E-state index contributed by atoms with van der Waals surface area (Å²) >= 11 is 0. The Labute approximate surface area is 72.4 Å². The van der Waals surface area contributed by atoms with Crippen LogP contribution in [0, 0.1) is 0 Å². The molecule has 0 aromatic rings. The SMILES string of the molecule is CCC(=O)NC1CCCOB1O. The van der Waals surface area contributed by atoms with E-state index < -0.39 is 7.12 Å². The van der Waals surface area contributed by atoms with E-state index >= 15 is 0 Å². The van der Waals surface area contributed by atoms with Crippen molar-refractivity contribution >= 4 is 13.0 Å². The lowest BCUT2D eigenvalue weighted by Crippen LogP contribution is -2.50. The Bertz CT molecular complexity index is 165. The Hall–Kier alpha value is -0.545. The van der Waals surface area contributed by atoms with Crippen LogP contribution in [-0.2, 0) is 9.45 Å². The molecule has 0 saturated carbocycles. The van der Waals surface area contributed by atoms with Gasteiger partial charge in [0.25, 0.3) is 0 Å². The Kier molecular flexibility index (Phi) is 3.56. The molecule has 68 valence electrons. The summed E-state index contributed by atoms with van der Waals surface area (Å²) in [5.74, 6) is -0.254. The van der Waals surface area contributed by atoms with Crippen LogP contribution in [-0.4, -0.2) is 30.6 Å². The molecule has 1 heterocycles. The topological polar surface area (TPSA) is 58.6 Å². The van der Waals surface area contributed by atoms with Gasteiger partial charge < -0.3 is 15.0 Å². The molecule has 0 aromatic heterocycles. The van der Waals surface area contributed by atoms with Gasteiger partial charge in [-0.15, -0.1) is 0 Å². The smallest absolute Gasteiger partial charge is 0.426 e. The fourth-order valence-electron chi connectivity index (χ4n) is 1.22. The lowest BCUT2D eigenvalue weighted by atomic mass is 9.74. The van der Waals surface area contributed by atoms with E-state index in [1.54, 1.807) is 6.92 Å². The van der Waals surface area contributed by atoms with Crippen LogP contribution in [0.3, 0.4) is 0 Å². The van der Waals surface area contributed by atoms with Crippen LogP contribution < -0.4 is 5.32 Å². The van der Waals surface area contributed by atoms with Crippen molar-refractivity contribution in [2.24, 2.45) is 0 Å². The Morgan fingerprint density at radius 1 is 1.83 bits per heavy atom. The number of carbonyl (C=O) groups excluding carboxylic acids is 1. The van der Waals surface area contributed by atoms with Crippen molar-refractivity contribution in [3.05, 3.63) is 0 Å². The monoisotopic (exact) mass is 171 g/mol. The second-order valence-electron chi connectivity index (χ2n) is 2.93. The second kappa shape index (κ2) is 4.47. The third-order valence-electron chi connectivity index (χ3n) is 1.96. The first-order chi connectivity index (χ1) is 5.74. The van der Waals surface area contributed by atoms with Crippen LogP contribution in [0.4, 0.5) is 0 Å². The normalized spacial score (nSPS) is 23.8. The zero-order valence-corrected chi connectivity index (χ0v) is 7.25. The third kappa shape index (κ3) is 2.50. The predicted octanol–water partition coefficient (Wildman–Crippen LogP) is -0.289. The Morgan fingerprint density at radius 2 is 2.58 bits per heavy atom. The number of rotatable bonds is 2. The van der Waals surface area contributed by atoms with Crippen LogP contribution in [0.5, 0.6) is 0 Å². The molecule has 12 heavy (non-hydrogen) atoms. The van der Waals surface area contributed by atoms with Gasteiger partial charge in [-0.05, 0) is 12.8 Å². The molecule has 1 unspecified atom stereocenters. The first-order valence-corrected chi connectivity index (χ1v) is 4.33. The molecule has 1 aliphatic heterocycles. The molecule has 1 aliphatic rings. The second-order valence-corrected chi connectivity index (χ2v) is 2.93. The minimum Gasteiger partial charge on any atom is -0.426 e. The van der Waals surface area contributed by atoms with Gasteiger partial charge in [-0.25, -0.2) is 0 Å². The number of amides is 1. The molecule has 1 atom stereocenters. The summed E-state index contributed by atoms with van der Waals surface area (Å²) in [5.41, 5.74) is 0. The van der Waals surface area contributed by atoms with E-state index in [2.05, 4.69) is 5.32 Å². The molecule has 2 N–H and O–H groups in total. The number of nitrogens with one attached hydrogen (secondary N) is 1. The van der Waals surface area contributed by atoms with Crippen LogP contribution in [0.15, 0.2) is 0 Å². The molecule has 1 fully saturated rings. The third-order valence-corrected chi connectivity index (χ3v) is 1.96. The van der Waals surface area contributed by atoms with E-state index in [9.17, 15) is 9.82 Å². The lowest BCUT2D eigenvalue weighted by Gasteiger charge is -2.25. The minimum atomic E-state index is -0.825. The molecule has 0 radical (unpaired) electrons. The van der Waals surface area contributed by atoms with Crippen LogP contribution in [0.2, 0.25) is 0 Å². The van der Waals surface area contributed by atoms with Gasteiger partial charge in [-0.2, -0.15) is 0 Å². The predicted molar refractivity (Wildman–Crippen MR) is 45.4 cm³/mol. The maximum absolute atomic E-state index is 10.9. The van der Waals surface area contributed by atoms with Crippen molar-refractivity contribution in [1.29, 1.82) is 0 Å². The van der Waals surface area contributed by atoms with E-state index in [4.69, 9.17) is 4.65 Å². The summed E-state index contributed by atoms with van der Waals surface area (Å²) in [6.45, 7) is 2.37. The van der Waals surface area contributed by atoms with Crippen LogP contribution in [0.25, 0.3) is 0 Å². The van der Waals surface area contributed by atoms with Crippen molar-refractivity contribution in [1.82, 2.24) is 5.32 Å². The molecule has 5 heteroatoms. The molecule has 1 amide bonds. The number of carbonyl (C=O) groups is 1. The molecule has 0 bridgehead atoms. The molecule has 1 saturated heterocycles. The first-order valence-electron chi connectivity index (χ1n) is 4.33. The van der Waals surface area contributed by atoms with Gasteiger partial charge in [0, 0.05) is 13.0 Å². The van der Waals surface area contributed by atoms with Crippen molar-refractivity contribution in [2.45, 2.75) is 32.1 Å². The molecule has 0 spiro atoms. The summed E-state index contributed by atoms with van der Waals surface area (Å²) in [4.78, 5) is 10.9. The minimum absolute atomic E-state index is 0.0375. The van der Waals surface area contributed by atoms with Gasteiger partial charge >= 0.3 is 7.12 Å². The highest BCUT2D eigenvalue weighted by Gasteiger charge is 2.30. The zero-order valence-electron chi connectivity index (χ0n) is 7.25. The summed E-state index contributed by atoms with van der Waals surface area (Å²) in [7, 11) is -0.825. The van der Waals surface area contributed by atoms with E-state index in [1.807, 2.05) is 0 Å². The Morgan fingerprint density at radius 3 is 3.17 bits per heavy atom. The summed E-state index contributed by atoms with van der Waals surface area (Å²) in [6.07, 6.45) is 2.14. The van der Waals surface area contributed by atoms with Gasteiger partial charge in [0.15, 0.2) is 0 Å². The zero-order chi connectivity index (χ0) is 8.97. The summed E-state index contributed by atoms with van der Waals surface area (Å²) in [5, 5.41) is 12.0. The van der Waals surface area contributed by atoms with Gasteiger partial charge in [-0.1, -0.05) is 6.92 Å². The van der Waals surface area contributed by atoms with Crippen LogP contribution >= 0.6 is 0 Å². The average Bonchev–Trinajstić information content (AvgIpc) is 2.09. The molecule has 4 nitrogen and oxygen atoms in total. The fourth-order valence-corrected chi connectivity index (χ4v) is 1.22. The summed E-state index contributed by atoms with van der Waals surface area (Å²) in [6, 6.07) is 0. The molecule has 1 rings (SSSR count). The highest BCUT2D eigenvalue weighted by Crippen LogP contribution is 2.08. The number of hydrogen-bond donors (Lipinski definition) is 2. The first kappa shape index (κ1) is 9.54. The van der Waals surface area contributed by atoms with Gasteiger partial charge in [0.1, 0.15) is 0 Å². The maximum Gasteiger partial charge on any atom is 0.478 e. The van der Waals surface area contributed by atoms with Gasteiger partial charge in [-0.3, -0.25) is 4.79 Å². The quantitative estimate of drug-likeness (QED) is 0.561. The standard InChI is InChI=1S/C7H14BNO3/c1-2-7(10)9-6-4-3-5-12-8(6)11/h6,11H,2-5H2,1H3,(H,9,10). The fraction of sp³-hybridized carbons (Fsp3) is 0.857. The molecule has 0 aliphatic carbocycles. The van der Waals surface area contributed by atoms with Crippen molar-refractivity contribution < 1.29 is 14.5 Å². The highest BCUT2D eigenvalue weighted by atomic mass is 16.5. The Balaban J connectivity index is 2.33. The molecule has 0 aromatic carbocycles. The van der Waals surface area contributed by atoms with E-state index in [0.717, 1.165) is 12.8 Å². The van der Waals surface area contributed by atoms with Crippen molar-refractivity contribution in [3.8, 4) is 0 Å². The maximum atomic E-state index is 10.9. The van der Waals surface area contributed by atoms with Crippen LogP contribution in [0.1, 0.15) is 26.2 Å². The lowest BCUT2D eigenvalue weighted by molar-refractivity contribution is -0.121. The summed E-state index contributed by atoms with van der Waals surface area (Å²) < 4.78 is 4.98. The highest BCUT2D eigenvalue weighted by molar-refractivity contribution is 6.45. The largest absolute Gasteiger partial charge is 0.478 e. The number of hydrogen-bond acceptors (Lipinski definition) is 3. The van der Waals surface area contributed by atoms with Gasteiger partial charge in [0.05, 0.1) is 5.94 Å². The van der Waals surface area contributed by atoms with E-state index in [-0.39, 0.29) is 11.8 Å². The molecular formula is C7H14BNO3. The molecular weight excluding hydrogens is 157 g/mol.